The van der Waals surface area contributed by atoms with E-state index in [1.165, 1.54) is 12.3 Å². The number of hydrogen-bond acceptors (Lipinski definition) is 3. The molecule has 0 aliphatic rings. The van der Waals surface area contributed by atoms with E-state index in [4.69, 9.17) is 0 Å². The summed E-state index contributed by atoms with van der Waals surface area (Å²) in [7, 11) is 1.86. The van der Waals surface area contributed by atoms with Crippen LogP contribution >= 0.6 is 24.8 Å². The van der Waals surface area contributed by atoms with Gasteiger partial charge in [0.2, 0.25) is 0 Å². The molecule has 0 aliphatic carbocycles. The third-order valence-corrected chi connectivity index (χ3v) is 1.34. The largest absolute Gasteiger partial charge is 0.319 e. The van der Waals surface area contributed by atoms with E-state index in [1.54, 1.807) is 0 Å². The fourth-order valence-electron chi connectivity index (χ4n) is 0.782. The molecule has 0 aliphatic heterocycles. The monoisotopic (exact) mass is 225 g/mol. The van der Waals surface area contributed by atoms with Crippen molar-refractivity contribution in [3.8, 4) is 0 Å². The zero-order valence-corrected chi connectivity index (χ0v) is 8.87. The van der Waals surface area contributed by atoms with Crippen LogP contribution in [0.5, 0.6) is 0 Å². The zero-order valence-electron chi connectivity index (χ0n) is 7.24. The summed E-state index contributed by atoms with van der Waals surface area (Å²) >= 11 is 0. The Balaban J connectivity index is 0. The van der Waals surface area contributed by atoms with Crippen LogP contribution in [0.4, 0.5) is 0 Å². The number of nitrogens with zero attached hydrogens (tertiary/aromatic N) is 1. The quantitative estimate of drug-likeness (QED) is 0.783. The summed E-state index contributed by atoms with van der Waals surface area (Å²) in [5.41, 5.74) is -0.0916. The van der Waals surface area contributed by atoms with Crippen LogP contribution in [0.3, 0.4) is 0 Å². The van der Waals surface area contributed by atoms with Gasteiger partial charge in [-0.25, -0.2) is 4.98 Å². The van der Waals surface area contributed by atoms with Crippen molar-refractivity contribution in [1.29, 1.82) is 0 Å². The fraction of sp³-hybridized carbons (Fsp3) is 0.429. The van der Waals surface area contributed by atoms with Gasteiger partial charge >= 0.3 is 0 Å². The van der Waals surface area contributed by atoms with Crippen LogP contribution in [0.2, 0.25) is 0 Å². The molecule has 1 rings (SSSR count). The van der Waals surface area contributed by atoms with Gasteiger partial charge in [0, 0.05) is 25.2 Å². The number of rotatable bonds is 3. The number of aromatic amines is 1. The van der Waals surface area contributed by atoms with Gasteiger partial charge in [0.1, 0.15) is 5.82 Å². The Hall–Kier alpha value is -0.580. The molecule has 0 unspecified atom stereocenters. The Morgan fingerprint density at radius 1 is 1.54 bits per heavy atom. The number of hydrogen-bond donors (Lipinski definition) is 2. The second kappa shape index (κ2) is 8.04. The lowest BCUT2D eigenvalue weighted by Gasteiger charge is -1.97. The Kier molecular flexibility index (Phi) is 9.22. The van der Waals surface area contributed by atoms with Gasteiger partial charge in [-0.1, -0.05) is 0 Å². The molecule has 0 bridgehead atoms. The first kappa shape index (κ1) is 14.9. The summed E-state index contributed by atoms with van der Waals surface area (Å²) in [5, 5.41) is 2.97. The molecule has 0 atom stereocenters. The minimum absolute atomic E-state index is 0. The first-order valence-corrected chi connectivity index (χ1v) is 3.52. The van der Waals surface area contributed by atoms with Crippen LogP contribution in [0, 0.1) is 0 Å². The Morgan fingerprint density at radius 3 is 2.77 bits per heavy atom. The maximum Gasteiger partial charge on any atom is 0.250 e. The third-order valence-electron chi connectivity index (χ3n) is 1.34. The molecule has 0 amide bonds. The second-order valence-electron chi connectivity index (χ2n) is 2.23. The van der Waals surface area contributed by atoms with Gasteiger partial charge in [-0.2, -0.15) is 0 Å². The number of halogens is 2. The molecule has 13 heavy (non-hydrogen) atoms. The average Bonchev–Trinajstić information content (AvgIpc) is 2.01. The van der Waals surface area contributed by atoms with E-state index in [0.29, 0.717) is 0 Å². The predicted molar refractivity (Wildman–Crippen MR) is 57.0 cm³/mol. The smallest absolute Gasteiger partial charge is 0.250 e. The van der Waals surface area contributed by atoms with E-state index >= 15 is 0 Å². The molecular weight excluding hydrogens is 213 g/mol. The molecule has 4 nitrogen and oxygen atoms in total. The molecule has 2 N–H and O–H groups in total. The highest BCUT2D eigenvalue weighted by molar-refractivity contribution is 5.85. The summed E-state index contributed by atoms with van der Waals surface area (Å²) in [6.45, 7) is 0.826. The van der Waals surface area contributed by atoms with Crippen LogP contribution in [0.25, 0.3) is 0 Å². The van der Waals surface area contributed by atoms with Crippen molar-refractivity contribution in [2.75, 3.05) is 13.6 Å². The summed E-state index contributed by atoms with van der Waals surface area (Å²) < 4.78 is 0. The third kappa shape index (κ3) is 5.63. The normalized spacial score (nSPS) is 8.38. The number of H-pyrrole nitrogens is 1. The molecule has 6 heteroatoms. The highest BCUT2D eigenvalue weighted by atomic mass is 35.5. The maximum absolute atomic E-state index is 10.7. The molecule has 0 saturated carbocycles. The summed E-state index contributed by atoms with van der Waals surface area (Å²) in [6, 6.07) is 1.41. The Morgan fingerprint density at radius 2 is 2.23 bits per heavy atom. The highest BCUT2D eigenvalue weighted by Crippen LogP contribution is 1.82. The van der Waals surface area contributed by atoms with E-state index in [-0.39, 0.29) is 30.4 Å². The van der Waals surface area contributed by atoms with Gasteiger partial charge in [0.15, 0.2) is 0 Å². The second-order valence-corrected chi connectivity index (χ2v) is 2.23. The van der Waals surface area contributed by atoms with Gasteiger partial charge in [-0.15, -0.1) is 24.8 Å². The van der Waals surface area contributed by atoms with Crippen molar-refractivity contribution in [3.63, 3.8) is 0 Å². The van der Waals surface area contributed by atoms with Crippen LogP contribution in [0.1, 0.15) is 5.82 Å². The van der Waals surface area contributed by atoms with Gasteiger partial charge in [0.25, 0.3) is 5.56 Å². The van der Waals surface area contributed by atoms with E-state index < -0.39 is 0 Å². The van der Waals surface area contributed by atoms with Crippen molar-refractivity contribution in [1.82, 2.24) is 15.3 Å². The lowest BCUT2D eigenvalue weighted by Crippen LogP contribution is -2.15. The summed E-state index contributed by atoms with van der Waals surface area (Å²) in [4.78, 5) is 17.4. The van der Waals surface area contributed by atoms with Gasteiger partial charge in [-0.3, -0.25) is 4.79 Å². The van der Waals surface area contributed by atoms with E-state index in [1.807, 2.05) is 7.05 Å². The molecule has 0 spiro atoms. The molecule has 76 valence electrons. The predicted octanol–water partition coefficient (Wildman–Crippen LogP) is 0.375. The molecule has 1 aromatic rings. The minimum Gasteiger partial charge on any atom is -0.319 e. The molecule has 0 fully saturated rings. The van der Waals surface area contributed by atoms with Crippen molar-refractivity contribution in [2.24, 2.45) is 0 Å². The van der Waals surface area contributed by atoms with Gasteiger partial charge < -0.3 is 10.3 Å². The lowest BCUT2D eigenvalue weighted by atomic mass is 10.4. The topological polar surface area (TPSA) is 57.8 Å². The molecule has 0 aromatic carbocycles. The highest BCUT2D eigenvalue weighted by Gasteiger charge is 1.91. The van der Waals surface area contributed by atoms with Gasteiger partial charge in [-0.05, 0) is 7.05 Å². The number of nitrogens with one attached hydrogen (secondary N) is 2. The minimum atomic E-state index is -0.0916. The molecular formula is C7H13Cl2N3O. The molecule has 0 radical (unpaired) electrons. The Labute approximate surface area is 89.0 Å². The number of aromatic nitrogens is 2. The molecule has 0 saturated heterocycles. The van der Waals surface area contributed by atoms with Crippen LogP contribution in [0.15, 0.2) is 17.1 Å². The molecule has 1 aromatic heterocycles. The van der Waals surface area contributed by atoms with Crippen molar-refractivity contribution in [3.05, 3.63) is 28.4 Å². The SMILES string of the molecule is CNCCc1nccc(=O)[nH]1.Cl.Cl. The van der Waals surface area contributed by atoms with Crippen molar-refractivity contribution >= 4 is 24.8 Å². The van der Waals surface area contributed by atoms with Crippen LogP contribution in [-0.4, -0.2) is 23.6 Å². The fourth-order valence-corrected chi connectivity index (χ4v) is 0.782. The standard InChI is InChI=1S/C7H11N3O.2ClH/c1-8-4-2-6-9-5-3-7(11)10-6;;/h3,5,8H,2,4H2,1H3,(H,9,10,11);2*1H. The Bertz CT molecular complexity index is 276. The summed E-state index contributed by atoms with van der Waals surface area (Å²) in [5.74, 6) is 0.729. The maximum atomic E-state index is 10.7. The summed E-state index contributed by atoms with van der Waals surface area (Å²) in [6.07, 6.45) is 2.27. The first-order chi connectivity index (χ1) is 5.33. The van der Waals surface area contributed by atoms with Crippen LogP contribution in [-0.2, 0) is 6.42 Å². The van der Waals surface area contributed by atoms with Crippen molar-refractivity contribution < 1.29 is 0 Å². The van der Waals surface area contributed by atoms with E-state index in [2.05, 4.69) is 15.3 Å². The van der Waals surface area contributed by atoms with E-state index in [9.17, 15) is 4.79 Å². The molecule has 1 heterocycles. The lowest BCUT2D eigenvalue weighted by molar-refractivity contribution is 0.751. The van der Waals surface area contributed by atoms with E-state index in [0.717, 1.165) is 18.8 Å². The average molecular weight is 226 g/mol. The zero-order chi connectivity index (χ0) is 8.10. The first-order valence-electron chi connectivity index (χ1n) is 3.52. The number of likely N-dealkylation sites (N-methyl/N-ethyl adjacent to an activating group) is 1. The van der Waals surface area contributed by atoms with Crippen LogP contribution < -0.4 is 10.9 Å². The van der Waals surface area contributed by atoms with Crippen molar-refractivity contribution in [2.45, 2.75) is 6.42 Å². The van der Waals surface area contributed by atoms with Gasteiger partial charge in [0.05, 0.1) is 0 Å².